The van der Waals surface area contributed by atoms with Crippen LogP contribution in [0.1, 0.15) is 40.4 Å². The second-order valence-corrected chi connectivity index (χ2v) is 7.28. The molecule has 0 fully saturated rings. The normalized spacial score (nSPS) is 11.0. The predicted molar refractivity (Wildman–Crippen MR) is 112 cm³/mol. The Morgan fingerprint density at radius 3 is 2.28 bits per heavy atom. The fourth-order valence-corrected chi connectivity index (χ4v) is 3.57. The van der Waals surface area contributed by atoms with Crippen molar-refractivity contribution in [1.82, 2.24) is 9.55 Å². The van der Waals surface area contributed by atoms with Gasteiger partial charge in [0.25, 0.3) is 5.56 Å². The monoisotopic (exact) mass is 394 g/mol. The van der Waals surface area contributed by atoms with E-state index in [1.165, 1.54) is 4.57 Å². The first-order chi connectivity index (χ1) is 13.9. The highest BCUT2D eigenvalue weighted by Gasteiger charge is 2.15. The molecule has 0 atom stereocenters. The summed E-state index contributed by atoms with van der Waals surface area (Å²) in [6.07, 6.45) is 1.00. The second-order valence-electron chi connectivity index (χ2n) is 7.28. The Balaban J connectivity index is 1.91. The molecular weight excluding hydrogens is 368 g/mol. The van der Waals surface area contributed by atoms with Gasteiger partial charge in [-0.3, -0.25) is 14.3 Å². The summed E-state index contributed by atoms with van der Waals surface area (Å²) in [7, 11) is 0. The van der Waals surface area contributed by atoms with Gasteiger partial charge in [0.05, 0.1) is 6.61 Å². The van der Waals surface area contributed by atoms with Crippen molar-refractivity contribution in [2.75, 3.05) is 0 Å². The smallest absolute Gasteiger partial charge is 0.330 e. The molecule has 0 radical (unpaired) electrons. The van der Waals surface area contributed by atoms with Crippen molar-refractivity contribution in [2.45, 2.75) is 47.0 Å². The molecule has 0 aliphatic carbocycles. The van der Waals surface area contributed by atoms with Crippen LogP contribution in [-0.4, -0.2) is 14.7 Å². The highest BCUT2D eigenvalue weighted by atomic mass is 16.5. The molecule has 0 bridgehead atoms. The molecule has 0 aliphatic rings. The van der Waals surface area contributed by atoms with Crippen LogP contribution in [0.3, 0.4) is 0 Å². The average Bonchev–Trinajstić information content (AvgIpc) is 2.65. The number of ether oxygens (including phenoxy) is 1. The van der Waals surface area contributed by atoms with Crippen LogP contribution in [0.4, 0.5) is 0 Å². The standard InChI is InChI=1S/C23H26N2O4/c1-4-20-21(12-18-10-15(2)9-16(3)11-18)25(23(28)24-22(20)27)14-29-13-17-5-7-19(26)8-6-17/h5-11,26H,4,12-14H2,1-3H3,(H,24,27,28). The summed E-state index contributed by atoms with van der Waals surface area (Å²) in [4.78, 5) is 27.3. The van der Waals surface area contributed by atoms with Crippen LogP contribution in [0.2, 0.25) is 0 Å². The molecule has 1 heterocycles. The molecule has 6 heteroatoms. The second kappa shape index (κ2) is 8.92. The quantitative estimate of drug-likeness (QED) is 0.645. The maximum absolute atomic E-state index is 12.5. The number of benzene rings is 2. The molecule has 2 N–H and O–H groups in total. The first kappa shape index (κ1) is 20.6. The topological polar surface area (TPSA) is 84.3 Å². The zero-order valence-electron chi connectivity index (χ0n) is 17.0. The fraction of sp³-hybridized carbons (Fsp3) is 0.304. The minimum absolute atomic E-state index is 0.0314. The van der Waals surface area contributed by atoms with Gasteiger partial charge >= 0.3 is 5.69 Å². The van der Waals surface area contributed by atoms with Gasteiger partial charge in [0.2, 0.25) is 0 Å². The van der Waals surface area contributed by atoms with E-state index in [4.69, 9.17) is 4.74 Å². The number of nitrogens with zero attached hydrogens (tertiary/aromatic N) is 1. The molecule has 3 rings (SSSR count). The van der Waals surface area contributed by atoms with E-state index in [-0.39, 0.29) is 24.6 Å². The lowest BCUT2D eigenvalue weighted by Gasteiger charge is -2.16. The molecule has 0 spiro atoms. The van der Waals surface area contributed by atoms with Crippen LogP contribution in [0.25, 0.3) is 0 Å². The van der Waals surface area contributed by atoms with Gasteiger partial charge in [0, 0.05) is 17.7 Å². The first-order valence-corrected chi connectivity index (χ1v) is 9.65. The zero-order chi connectivity index (χ0) is 21.0. The summed E-state index contributed by atoms with van der Waals surface area (Å²) in [6.45, 7) is 6.29. The first-order valence-electron chi connectivity index (χ1n) is 9.65. The van der Waals surface area contributed by atoms with Crippen LogP contribution in [0.15, 0.2) is 52.1 Å². The molecular formula is C23H26N2O4. The van der Waals surface area contributed by atoms with Crippen molar-refractivity contribution in [1.29, 1.82) is 0 Å². The lowest BCUT2D eigenvalue weighted by molar-refractivity contribution is 0.0589. The van der Waals surface area contributed by atoms with Gasteiger partial charge in [-0.1, -0.05) is 48.4 Å². The van der Waals surface area contributed by atoms with Crippen molar-refractivity contribution in [3.8, 4) is 5.75 Å². The minimum atomic E-state index is -0.475. The van der Waals surface area contributed by atoms with Crippen molar-refractivity contribution in [3.05, 3.63) is 96.8 Å². The van der Waals surface area contributed by atoms with Crippen LogP contribution in [-0.2, 0) is 30.9 Å². The summed E-state index contributed by atoms with van der Waals surface area (Å²) < 4.78 is 7.25. The fourth-order valence-electron chi connectivity index (χ4n) is 3.57. The molecule has 0 unspecified atom stereocenters. The number of phenols is 1. The number of aromatic hydroxyl groups is 1. The van der Waals surface area contributed by atoms with Crippen molar-refractivity contribution in [2.24, 2.45) is 0 Å². The van der Waals surface area contributed by atoms with Crippen LogP contribution < -0.4 is 11.2 Å². The number of H-pyrrole nitrogens is 1. The van der Waals surface area contributed by atoms with E-state index in [2.05, 4.69) is 23.2 Å². The molecule has 2 aromatic carbocycles. The number of nitrogens with one attached hydrogen (secondary N) is 1. The largest absolute Gasteiger partial charge is 0.508 e. The van der Waals surface area contributed by atoms with Gasteiger partial charge in [0.1, 0.15) is 12.5 Å². The number of rotatable bonds is 7. The van der Waals surface area contributed by atoms with Gasteiger partial charge in [-0.15, -0.1) is 0 Å². The maximum Gasteiger partial charge on any atom is 0.330 e. The Kier molecular flexibility index (Phi) is 6.34. The number of aromatic nitrogens is 2. The van der Waals surface area contributed by atoms with E-state index in [1.807, 2.05) is 20.8 Å². The lowest BCUT2D eigenvalue weighted by atomic mass is 10.0. The van der Waals surface area contributed by atoms with Crippen LogP contribution in [0.5, 0.6) is 5.75 Å². The summed E-state index contributed by atoms with van der Waals surface area (Å²) >= 11 is 0. The average molecular weight is 394 g/mol. The van der Waals surface area contributed by atoms with Crippen molar-refractivity contribution in [3.63, 3.8) is 0 Å². The molecule has 0 aliphatic heterocycles. The van der Waals surface area contributed by atoms with Crippen LogP contribution >= 0.6 is 0 Å². The molecule has 1 aromatic heterocycles. The summed E-state index contributed by atoms with van der Waals surface area (Å²) in [5.41, 5.74) is 4.67. The Morgan fingerprint density at radius 2 is 1.66 bits per heavy atom. The van der Waals surface area contributed by atoms with Gasteiger partial charge in [-0.05, 0) is 43.5 Å². The third-order valence-corrected chi connectivity index (χ3v) is 4.85. The molecule has 0 amide bonds. The van der Waals surface area contributed by atoms with Crippen LogP contribution in [0, 0.1) is 13.8 Å². The number of aromatic amines is 1. The number of hydrogen-bond donors (Lipinski definition) is 2. The molecule has 6 nitrogen and oxygen atoms in total. The minimum Gasteiger partial charge on any atom is -0.508 e. The van der Waals surface area contributed by atoms with E-state index < -0.39 is 5.69 Å². The number of aryl methyl sites for hydroxylation is 2. The van der Waals surface area contributed by atoms with Crippen molar-refractivity contribution >= 4 is 0 Å². The molecule has 29 heavy (non-hydrogen) atoms. The van der Waals surface area contributed by atoms with E-state index in [0.29, 0.717) is 24.1 Å². The Morgan fingerprint density at radius 1 is 1.00 bits per heavy atom. The highest BCUT2D eigenvalue weighted by molar-refractivity contribution is 5.33. The molecule has 152 valence electrons. The van der Waals surface area contributed by atoms with E-state index >= 15 is 0 Å². The summed E-state index contributed by atoms with van der Waals surface area (Å²) in [6, 6.07) is 12.9. The maximum atomic E-state index is 12.5. The number of phenolic OH excluding ortho intramolecular Hbond substituents is 1. The Labute approximate surface area is 169 Å². The molecule has 3 aromatic rings. The molecule has 0 saturated heterocycles. The predicted octanol–water partition coefficient (Wildman–Crippen LogP) is 3.19. The zero-order valence-corrected chi connectivity index (χ0v) is 17.0. The van der Waals surface area contributed by atoms with Gasteiger partial charge in [0.15, 0.2) is 0 Å². The highest BCUT2D eigenvalue weighted by Crippen LogP contribution is 2.16. The van der Waals surface area contributed by atoms with E-state index in [1.54, 1.807) is 24.3 Å². The van der Waals surface area contributed by atoms with Gasteiger partial charge < -0.3 is 9.84 Å². The lowest BCUT2D eigenvalue weighted by Crippen LogP contribution is -2.36. The van der Waals surface area contributed by atoms with Gasteiger partial charge in [-0.25, -0.2) is 4.79 Å². The number of hydrogen-bond acceptors (Lipinski definition) is 4. The van der Waals surface area contributed by atoms with Crippen molar-refractivity contribution < 1.29 is 9.84 Å². The SMILES string of the molecule is CCc1c(Cc2cc(C)cc(C)c2)n(COCc2ccc(O)cc2)c(=O)[nH]c1=O. The Bertz CT molecular complexity index is 1090. The Hall–Kier alpha value is -3.12. The third-order valence-electron chi connectivity index (χ3n) is 4.85. The van der Waals surface area contributed by atoms with Gasteiger partial charge in [-0.2, -0.15) is 0 Å². The summed E-state index contributed by atoms with van der Waals surface area (Å²) in [5, 5.41) is 9.38. The molecule has 0 saturated carbocycles. The summed E-state index contributed by atoms with van der Waals surface area (Å²) in [5.74, 6) is 0.189. The van der Waals surface area contributed by atoms with E-state index in [9.17, 15) is 14.7 Å². The third kappa shape index (κ3) is 5.03. The van der Waals surface area contributed by atoms with E-state index in [0.717, 1.165) is 22.3 Å².